The SMILES string of the molecule is C=CCc1cc(C)c(C)cc1CCO. The van der Waals surface area contributed by atoms with Gasteiger partial charge in [0.15, 0.2) is 0 Å². The van der Waals surface area contributed by atoms with Gasteiger partial charge in [-0.2, -0.15) is 0 Å². The molecule has 1 aromatic carbocycles. The smallest absolute Gasteiger partial charge is 0.0471 e. The number of hydrogen-bond acceptors (Lipinski definition) is 1. The highest BCUT2D eigenvalue weighted by atomic mass is 16.2. The Bertz CT molecular complexity index is 326. The lowest BCUT2D eigenvalue weighted by atomic mass is 9.96. The average molecular weight is 190 g/mol. The first-order valence-electron chi connectivity index (χ1n) is 4.99. The third-order valence-corrected chi connectivity index (χ3v) is 2.56. The first kappa shape index (κ1) is 11.0. The van der Waals surface area contributed by atoms with Crippen molar-refractivity contribution in [2.45, 2.75) is 26.7 Å². The summed E-state index contributed by atoms with van der Waals surface area (Å²) in [4.78, 5) is 0. The second kappa shape index (κ2) is 4.97. The molecule has 0 spiro atoms. The predicted molar refractivity (Wildman–Crippen MR) is 60.6 cm³/mol. The normalized spacial score (nSPS) is 10.2. The molecule has 1 aromatic rings. The number of aryl methyl sites for hydroxylation is 2. The van der Waals surface area contributed by atoms with E-state index in [1.54, 1.807) is 0 Å². The van der Waals surface area contributed by atoms with Crippen molar-refractivity contribution in [1.82, 2.24) is 0 Å². The molecule has 0 saturated heterocycles. The van der Waals surface area contributed by atoms with Crippen molar-refractivity contribution < 1.29 is 5.11 Å². The first-order chi connectivity index (χ1) is 6.69. The van der Waals surface area contributed by atoms with Crippen LogP contribution in [0.15, 0.2) is 24.8 Å². The van der Waals surface area contributed by atoms with Crippen LogP contribution < -0.4 is 0 Å². The zero-order valence-corrected chi connectivity index (χ0v) is 9.01. The summed E-state index contributed by atoms with van der Waals surface area (Å²) in [6.07, 6.45) is 3.53. The molecule has 1 heteroatoms. The maximum atomic E-state index is 8.95. The Hall–Kier alpha value is -1.08. The third-order valence-electron chi connectivity index (χ3n) is 2.56. The number of benzene rings is 1. The molecule has 0 saturated carbocycles. The van der Waals surface area contributed by atoms with Crippen molar-refractivity contribution in [3.63, 3.8) is 0 Å². The molecule has 0 fully saturated rings. The Morgan fingerprint density at radius 3 is 2.29 bits per heavy atom. The summed E-state index contributed by atoms with van der Waals surface area (Å²) in [6, 6.07) is 4.37. The van der Waals surface area contributed by atoms with Crippen molar-refractivity contribution in [3.05, 3.63) is 47.0 Å². The number of allylic oxidation sites excluding steroid dienone is 1. The van der Waals surface area contributed by atoms with E-state index in [2.05, 4.69) is 32.6 Å². The van der Waals surface area contributed by atoms with Crippen LogP contribution in [0.25, 0.3) is 0 Å². The maximum Gasteiger partial charge on any atom is 0.0471 e. The molecule has 0 heterocycles. The molecular weight excluding hydrogens is 172 g/mol. The van der Waals surface area contributed by atoms with Crippen molar-refractivity contribution >= 4 is 0 Å². The van der Waals surface area contributed by atoms with E-state index in [-0.39, 0.29) is 6.61 Å². The van der Waals surface area contributed by atoms with Gasteiger partial charge in [-0.05, 0) is 48.9 Å². The molecule has 0 amide bonds. The highest BCUT2D eigenvalue weighted by molar-refractivity contribution is 5.38. The van der Waals surface area contributed by atoms with Crippen LogP contribution in [-0.4, -0.2) is 11.7 Å². The third kappa shape index (κ3) is 2.46. The fraction of sp³-hybridized carbons (Fsp3) is 0.385. The van der Waals surface area contributed by atoms with E-state index in [0.717, 1.165) is 12.8 Å². The van der Waals surface area contributed by atoms with Crippen LogP contribution in [0.4, 0.5) is 0 Å². The zero-order valence-electron chi connectivity index (χ0n) is 9.01. The lowest BCUT2D eigenvalue weighted by molar-refractivity contribution is 0.299. The number of rotatable bonds is 4. The van der Waals surface area contributed by atoms with Gasteiger partial charge in [-0.25, -0.2) is 0 Å². The minimum atomic E-state index is 0.215. The molecule has 0 radical (unpaired) electrons. The van der Waals surface area contributed by atoms with Crippen LogP contribution in [0.5, 0.6) is 0 Å². The van der Waals surface area contributed by atoms with Crippen LogP contribution in [0, 0.1) is 13.8 Å². The molecule has 0 aliphatic rings. The summed E-state index contributed by atoms with van der Waals surface area (Å²) < 4.78 is 0. The van der Waals surface area contributed by atoms with Crippen molar-refractivity contribution in [2.24, 2.45) is 0 Å². The summed E-state index contributed by atoms with van der Waals surface area (Å²) >= 11 is 0. The van der Waals surface area contributed by atoms with Gasteiger partial charge in [0.1, 0.15) is 0 Å². The highest BCUT2D eigenvalue weighted by Gasteiger charge is 2.03. The van der Waals surface area contributed by atoms with E-state index in [0.29, 0.717) is 0 Å². The van der Waals surface area contributed by atoms with Crippen LogP contribution in [0.3, 0.4) is 0 Å². The van der Waals surface area contributed by atoms with Crippen LogP contribution >= 0.6 is 0 Å². The van der Waals surface area contributed by atoms with Gasteiger partial charge >= 0.3 is 0 Å². The van der Waals surface area contributed by atoms with Gasteiger partial charge in [-0.1, -0.05) is 18.2 Å². The van der Waals surface area contributed by atoms with E-state index in [4.69, 9.17) is 5.11 Å². The van der Waals surface area contributed by atoms with Gasteiger partial charge in [-0.15, -0.1) is 6.58 Å². The Balaban J connectivity index is 3.09. The summed E-state index contributed by atoms with van der Waals surface area (Å²) in [7, 11) is 0. The minimum Gasteiger partial charge on any atom is -0.396 e. The number of hydrogen-bond donors (Lipinski definition) is 1. The zero-order chi connectivity index (χ0) is 10.6. The van der Waals surface area contributed by atoms with Crippen LogP contribution in [0.2, 0.25) is 0 Å². The fourth-order valence-corrected chi connectivity index (χ4v) is 1.63. The predicted octanol–water partition coefficient (Wildman–Crippen LogP) is 2.57. The monoisotopic (exact) mass is 190 g/mol. The van der Waals surface area contributed by atoms with Crippen LogP contribution in [-0.2, 0) is 12.8 Å². The molecule has 0 aliphatic carbocycles. The van der Waals surface area contributed by atoms with E-state index >= 15 is 0 Å². The van der Waals surface area contributed by atoms with E-state index in [9.17, 15) is 0 Å². The molecule has 0 bridgehead atoms. The average Bonchev–Trinajstić information content (AvgIpc) is 2.14. The van der Waals surface area contributed by atoms with E-state index < -0.39 is 0 Å². The molecule has 0 aliphatic heterocycles. The lowest BCUT2D eigenvalue weighted by Crippen LogP contribution is -1.99. The maximum absolute atomic E-state index is 8.95. The lowest BCUT2D eigenvalue weighted by Gasteiger charge is -2.10. The number of aliphatic hydroxyl groups is 1. The molecule has 1 nitrogen and oxygen atoms in total. The van der Waals surface area contributed by atoms with E-state index in [1.165, 1.54) is 22.3 Å². The molecule has 0 atom stereocenters. The topological polar surface area (TPSA) is 20.2 Å². The van der Waals surface area contributed by atoms with Crippen molar-refractivity contribution in [3.8, 4) is 0 Å². The Labute approximate surface area is 86.1 Å². The van der Waals surface area contributed by atoms with Gasteiger partial charge < -0.3 is 5.11 Å². The summed E-state index contributed by atoms with van der Waals surface area (Å²) in [5.74, 6) is 0. The van der Waals surface area contributed by atoms with Crippen molar-refractivity contribution in [1.29, 1.82) is 0 Å². The van der Waals surface area contributed by atoms with Gasteiger partial charge in [0.25, 0.3) is 0 Å². The first-order valence-corrected chi connectivity index (χ1v) is 4.99. The van der Waals surface area contributed by atoms with Gasteiger partial charge in [0.2, 0.25) is 0 Å². The fourth-order valence-electron chi connectivity index (χ4n) is 1.63. The number of aliphatic hydroxyl groups excluding tert-OH is 1. The molecule has 0 aromatic heterocycles. The molecule has 1 N–H and O–H groups in total. The van der Waals surface area contributed by atoms with Crippen molar-refractivity contribution in [2.75, 3.05) is 6.61 Å². The molecule has 0 unspecified atom stereocenters. The van der Waals surface area contributed by atoms with Crippen LogP contribution in [0.1, 0.15) is 22.3 Å². The van der Waals surface area contributed by atoms with Gasteiger partial charge in [0, 0.05) is 6.61 Å². The Kier molecular flexibility index (Phi) is 3.90. The highest BCUT2D eigenvalue weighted by Crippen LogP contribution is 2.17. The quantitative estimate of drug-likeness (QED) is 0.723. The Morgan fingerprint density at radius 2 is 1.79 bits per heavy atom. The molecular formula is C13H18O. The largest absolute Gasteiger partial charge is 0.396 e. The van der Waals surface area contributed by atoms with Gasteiger partial charge in [0.05, 0.1) is 0 Å². The van der Waals surface area contributed by atoms with Gasteiger partial charge in [-0.3, -0.25) is 0 Å². The second-order valence-corrected chi connectivity index (χ2v) is 3.67. The molecule has 76 valence electrons. The second-order valence-electron chi connectivity index (χ2n) is 3.67. The summed E-state index contributed by atoms with van der Waals surface area (Å²) in [6.45, 7) is 8.18. The standard InChI is InChI=1S/C13H18O/c1-4-5-12-8-10(2)11(3)9-13(12)6-7-14/h4,8-9,14H,1,5-7H2,2-3H3. The summed E-state index contributed by atoms with van der Waals surface area (Å²) in [5.41, 5.74) is 5.14. The minimum absolute atomic E-state index is 0.215. The molecule has 14 heavy (non-hydrogen) atoms. The van der Waals surface area contributed by atoms with E-state index in [1.807, 2.05) is 6.08 Å². The molecule has 1 rings (SSSR count). The Morgan fingerprint density at radius 1 is 1.21 bits per heavy atom. The summed E-state index contributed by atoms with van der Waals surface area (Å²) in [5, 5.41) is 8.95.